The van der Waals surface area contributed by atoms with E-state index in [4.69, 9.17) is 23.2 Å². The molecule has 0 aliphatic rings. The molecule has 0 heterocycles. The van der Waals surface area contributed by atoms with Crippen molar-refractivity contribution in [3.63, 3.8) is 0 Å². The van der Waals surface area contributed by atoms with E-state index in [0.29, 0.717) is 10.0 Å². The quantitative estimate of drug-likeness (QED) is 0.658. The van der Waals surface area contributed by atoms with Crippen molar-refractivity contribution in [3.05, 3.63) is 38.7 Å². The van der Waals surface area contributed by atoms with E-state index < -0.39 is 0 Å². The average Bonchev–Trinajstić information content (AvgIpc) is 1.98. The summed E-state index contributed by atoms with van der Waals surface area (Å²) in [4.78, 5) is 9.84. The fourth-order valence-corrected chi connectivity index (χ4v) is 1.03. The Morgan fingerprint density at radius 1 is 1.27 bits per heavy atom. The number of benzene rings is 1. The van der Waals surface area contributed by atoms with Gasteiger partial charge in [-0.05, 0) is 17.7 Å². The highest BCUT2D eigenvalue weighted by molar-refractivity contribution is 6.41. The molecule has 58 valence electrons. The van der Waals surface area contributed by atoms with Gasteiger partial charge in [0.1, 0.15) is 6.54 Å². The third-order valence-electron chi connectivity index (χ3n) is 1.23. The minimum Gasteiger partial charge on any atom is -0.150 e. The zero-order valence-corrected chi connectivity index (χ0v) is 7.06. The van der Waals surface area contributed by atoms with Gasteiger partial charge in [0.2, 0.25) is 0 Å². The first-order valence-electron chi connectivity index (χ1n) is 2.97. The van der Waals surface area contributed by atoms with Crippen molar-refractivity contribution in [1.82, 2.24) is 0 Å². The maximum atomic E-state index is 9.84. The molecular formula is C7H5Cl2NO. The number of nitrogens with zero attached hydrogens (tertiary/aromatic N) is 1. The summed E-state index contributed by atoms with van der Waals surface area (Å²) in [5.41, 5.74) is 0.773. The summed E-state index contributed by atoms with van der Waals surface area (Å²) in [6.07, 6.45) is 0. The van der Waals surface area contributed by atoms with Crippen LogP contribution in [0.25, 0.3) is 0 Å². The Hall–Kier alpha value is -0.600. The van der Waals surface area contributed by atoms with E-state index in [1.807, 2.05) is 0 Å². The zero-order valence-electron chi connectivity index (χ0n) is 5.55. The molecule has 0 aromatic heterocycles. The van der Waals surface area contributed by atoms with E-state index in [0.717, 1.165) is 5.56 Å². The molecule has 0 amide bonds. The van der Waals surface area contributed by atoms with Gasteiger partial charge in [0.05, 0.1) is 10.0 Å². The van der Waals surface area contributed by atoms with E-state index in [1.54, 1.807) is 18.2 Å². The Kier molecular flexibility index (Phi) is 2.85. The highest BCUT2D eigenvalue weighted by Crippen LogP contribution is 2.22. The van der Waals surface area contributed by atoms with Crippen molar-refractivity contribution in [1.29, 1.82) is 0 Å². The highest BCUT2D eigenvalue weighted by Gasteiger charge is 1.98. The van der Waals surface area contributed by atoms with Crippen molar-refractivity contribution in [2.24, 2.45) is 5.18 Å². The first kappa shape index (κ1) is 8.50. The SMILES string of the molecule is O=NCc1ccc(Cl)c(Cl)c1. The van der Waals surface area contributed by atoms with Gasteiger partial charge < -0.3 is 0 Å². The summed E-state index contributed by atoms with van der Waals surface area (Å²) in [6.45, 7) is 0.136. The largest absolute Gasteiger partial charge is 0.150 e. The van der Waals surface area contributed by atoms with E-state index in [9.17, 15) is 4.91 Å². The molecule has 4 heteroatoms. The molecule has 0 atom stereocenters. The van der Waals surface area contributed by atoms with Gasteiger partial charge >= 0.3 is 0 Å². The van der Waals surface area contributed by atoms with Crippen LogP contribution in [0.4, 0.5) is 0 Å². The van der Waals surface area contributed by atoms with Crippen LogP contribution in [0.5, 0.6) is 0 Å². The molecule has 11 heavy (non-hydrogen) atoms. The molecule has 0 N–H and O–H groups in total. The number of hydrogen-bond acceptors (Lipinski definition) is 2. The second-order valence-electron chi connectivity index (χ2n) is 2.04. The minimum absolute atomic E-state index is 0.136. The average molecular weight is 190 g/mol. The lowest BCUT2D eigenvalue weighted by atomic mass is 10.2. The van der Waals surface area contributed by atoms with Gasteiger partial charge in [0.25, 0.3) is 0 Å². The van der Waals surface area contributed by atoms with Gasteiger partial charge in [-0.3, -0.25) is 0 Å². The van der Waals surface area contributed by atoms with Crippen LogP contribution < -0.4 is 0 Å². The summed E-state index contributed by atoms with van der Waals surface area (Å²) >= 11 is 11.3. The first-order valence-corrected chi connectivity index (χ1v) is 3.72. The Bertz CT molecular complexity index is 275. The summed E-state index contributed by atoms with van der Waals surface area (Å²) in [5.74, 6) is 0. The van der Waals surface area contributed by atoms with E-state index >= 15 is 0 Å². The molecule has 1 aromatic rings. The zero-order chi connectivity index (χ0) is 8.27. The molecule has 1 aromatic carbocycles. The Morgan fingerprint density at radius 3 is 2.55 bits per heavy atom. The Balaban J connectivity index is 2.95. The van der Waals surface area contributed by atoms with Crippen LogP contribution in [-0.4, -0.2) is 0 Å². The fourth-order valence-electron chi connectivity index (χ4n) is 0.713. The van der Waals surface area contributed by atoms with E-state index in [1.165, 1.54) is 0 Å². The molecular weight excluding hydrogens is 185 g/mol. The van der Waals surface area contributed by atoms with Crippen molar-refractivity contribution >= 4 is 23.2 Å². The molecule has 0 aliphatic carbocycles. The smallest absolute Gasteiger partial charge is 0.106 e. The van der Waals surface area contributed by atoms with Crippen molar-refractivity contribution in [3.8, 4) is 0 Å². The minimum atomic E-state index is 0.136. The molecule has 1 rings (SSSR count). The number of nitroso groups, excluding NO2 is 1. The molecule has 0 saturated carbocycles. The van der Waals surface area contributed by atoms with Crippen LogP contribution in [0.2, 0.25) is 10.0 Å². The van der Waals surface area contributed by atoms with Crippen molar-refractivity contribution in [2.45, 2.75) is 6.54 Å². The van der Waals surface area contributed by atoms with Gasteiger partial charge in [0.15, 0.2) is 0 Å². The lowest BCUT2D eigenvalue weighted by Gasteiger charge is -1.96. The third kappa shape index (κ3) is 2.17. The van der Waals surface area contributed by atoms with Crippen LogP contribution in [-0.2, 0) is 6.54 Å². The summed E-state index contributed by atoms with van der Waals surface area (Å²) in [7, 11) is 0. The van der Waals surface area contributed by atoms with Gasteiger partial charge in [-0.1, -0.05) is 34.4 Å². The van der Waals surface area contributed by atoms with Crippen LogP contribution in [0.15, 0.2) is 23.4 Å². The number of hydrogen-bond donors (Lipinski definition) is 0. The fraction of sp³-hybridized carbons (Fsp3) is 0.143. The Morgan fingerprint density at radius 2 is 2.00 bits per heavy atom. The molecule has 0 spiro atoms. The highest BCUT2D eigenvalue weighted by atomic mass is 35.5. The molecule has 2 nitrogen and oxygen atoms in total. The number of rotatable bonds is 2. The molecule has 0 fully saturated rings. The van der Waals surface area contributed by atoms with Crippen LogP contribution in [0.3, 0.4) is 0 Å². The van der Waals surface area contributed by atoms with Gasteiger partial charge in [-0.15, -0.1) is 0 Å². The maximum Gasteiger partial charge on any atom is 0.106 e. The topological polar surface area (TPSA) is 29.4 Å². The predicted octanol–water partition coefficient (Wildman–Crippen LogP) is 3.26. The first-order chi connectivity index (χ1) is 5.24. The standard InChI is InChI=1S/C7H5Cl2NO/c8-6-2-1-5(4-10-11)3-7(6)9/h1-3H,4H2. The second kappa shape index (κ2) is 3.69. The van der Waals surface area contributed by atoms with Gasteiger partial charge in [0, 0.05) is 0 Å². The van der Waals surface area contributed by atoms with E-state index in [-0.39, 0.29) is 6.54 Å². The maximum absolute atomic E-state index is 9.84. The number of halogens is 2. The predicted molar refractivity (Wildman–Crippen MR) is 46.0 cm³/mol. The van der Waals surface area contributed by atoms with Gasteiger partial charge in [-0.25, -0.2) is 0 Å². The van der Waals surface area contributed by atoms with Crippen LogP contribution in [0.1, 0.15) is 5.56 Å². The molecule has 0 bridgehead atoms. The molecule has 0 aliphatic heterocycles. The normalized spacial score (nSPS) is 9.64. The van der Waals surface area contributed by atoms with Crippen LogP contribution >= 0.6 is 23.2 Å². The second-order valence-corrected chi connectivity index (χ2v) is 2.85. The van der Waals surface area contributed by atoms with Crippen molar-refractivity contribution in [2.75, 3.05) is 0 Å². The Labute approximate surface area is 74.1 Å². The van der Waals surface area contributed by atoms with Gasteiger partial charge in [-0.2, -0.15) is 4.91 Å². The van der Waals surface area contributed by atoms with Crippen molar-refractivity contribution < 1.29 is 0 Å². The molecule has 0 saturated heterocycles. The third-order valence-corrected chi connectivity index (χ3v) is 1.97. The van der Waals surface area contributed by atoms with Crippen LogP contribution in [0, 0.1) is 4.91 Å². The summed E-state index contributed by atoms with van der Waals surface area (Å²) in [6, 6.07) is 4.99. The molecule has 0 radical (unpaired) electrons. The lowest BCUT2D eigenvalue weighted by Crippen LogP contribution is -1.79. The summed E-state index contributed by atoms with van der Waals surface area (Å²) in [5, 5.41) is 3.66. The summed E-state index contributed by atoms with van der Waals surface area (Å²) < 4.78 is 0. The monoisotopic (exact) mass is 189 g/mol. The lowest BCUT2D eigenvalue weighted by molar-refractivity contribution is 1.06. The molecule has 0 unspecified atom stereocenters. The van der Waals surface area contributed by atoms with E-state index in [2.05, 4.69) is 5.18 Å².